The number of nitrogens with one attached hydrogen (secondary N) is 1. The number of aliphatic imine (C=N–C) groups is 1. The molecule has 0 aliphatic carbocycles. The summed E-state index contributed by atoms with van der Waals surface area (Å²) in [6.07, 6.45) is 1.81. The van der Waals surface area contributed by atoms with Crippen molar-refractivity contribution in [3.8, 4) is 11.5 Å². The molecular weight excluding hydrogens is 698 g/mol. The van der Waals surface area contributed by atoms with Crippen molar-refractivity contribution in [2.45, 2.75) is 20.5 Å². The minimum absolute atomic E-state index is 0.198. The minimum Gasteiger partial charge on any atom is -0.493 e. The van der Waals surface area contributed by atoms with E-state index in [1.807, 2.05) is 50.3 Å². The van der Waals surface area contributed by atoms with Crippen molar-refractivity contribution < 1.29 is 14.3 Å². The molecule has 0 radical (unpaired) electrons. The van der Waals surface area contributed by atoms with Gasteiger partial charge in [0, 0.05) is 20.1 Å². The Morgan fingerprint density at radius 3 is 2.53 bits per heavy atom. The lowest BCUT2D eigenvalue weighted by Crippen LogP contribution is -2.19. The van der Waals surface area contributed by atoms with Crippen LogP contribution in [0.5, 0.6) is 11.5 Å². The summed E-state index contributed by atoms with van der Waals surface area (Å²) in [7, 11) is 1.58. The number of aryl methyl sites for hydroxylation is 2. The van der Waals surface area contributed by atoms with Crippen LogP contribution in [0, 0.1) is 17.4 Å². The molecule has 0 bridgehead atoms. The predicted molar refractivity (Wildman–Crippen MR) is 161 cm³/mol. The fourth-order valence-electron chi connectivity index (χ4n) is 3.49. The number of nitrogens with zero attached hydrogens (tertiary/aromatic N) is 1. The zero-order valence-electron chi connectivity index (χ0n) is 19.4. The van der Waals surface area contributed by atoms with Gasteiger partial charge in [0.1, 0.15) is 6.61 Å². The van der Waals surface area contributed by atoms with Crippen molar-refractivity contribution in [1.82, 2.24) is 5.32 Å². The lowest BCUT2D eigenvalue weighted by molar-refractivity contribution is -0.115. The van der Waals surface area contributed by atoms with Crippen LogP contribution in [0.2, 0.25) is 10.0 Å². The Balaban J connectivity index is 1.55. The van der Waals surface area contributed by atoms with Gasteiger partial charge in [-0.1, -0.05) is 45.2 Å². The van der Waals surface area contributed by atoms with Crippen LogP contribution in [0.25, 0.3) is 6.08 Å². The van der Waals surface area contributed by atoms with Gasteiger partial charge in [0.05, 0.1) is 21.3 Å². The number of amidine groups is 1. The van der Waals surface area contributed by atoms with Gasteiger partial charge < -0.3 is 14.8 Å². The van der Waals surface area contributed by atoms with E-state index < -0.39 is 0 Å². The van der Waals surface area contributed by atoms with Gasteiger partial charge in [0.15, 0.2) is 16.7 Å². The SMILES string of the molecule is COc1cc(/C=C2\SC(=Nc3cc(C)c(Br)c(C)c3)NC2=O)cc(I)c1OCc1ccc(Cl)cc1Cl. The maximum atomic E-state index is 12.6. The molecular formula is C26H20BrCl2IN2O3S. The summed E-state index contributed by atoms with van der Waals surface area (Å²) in [5.74, 6) is 0.950. The predicted octanol–water partition coefficient (Wildman–Crippen LogP) is 8.46. The fourth-order valence-corrected chi connectivity index (χ4v) is 5.80. The molecule has 1 saturated heterocycles. The van der Waals surface area contributed by atoms with E-state index in [-0.39, 0.29) is 12.5 Å². The van der Waals surface area contributed by atoms with Gasteiger partial charge in [0.25, 0.3) is 5.91 Å². The molecule has 10 heteroatoms. The first kappa shape index (κ1) is 27.3. The third-order valence-corrected chi connectivity index (χ3v) is 8.79. The topological polar surface area (TPSA) is 59.9 Å². The monoisotopic (exact) mass is 716 g/mol. The largest absolute Gasteiger partial charge is 0.493 e. The second kappa shape index (κ2) is 11.8. The number of benzene rings is 3. The summed E-state index contributed by atoms with van der Waals surface area (Å²) >= 11 is 19.3. The molecule has 1 amide bonds. The first-order valence-electron chi connectivity index (χ1n) is 10.6. The lowest BCUT2D eigenvalue weighted by Gasteiger charge is -2.14. The van der Waals surface area contributed by atoms with Gasteiger partial charge in [-0.25, -0.2) is 4.99 Å². The summed E-state index contributed by atoms with van der Waals surface area (Å²) in [5.41, 5.74) is 4.58. The number of hydrogen-bond acceptors (Lipinski definition) is 5. The van der Waals surface area contributed by atoms with Crippen molar-refractivity contribution >= 4 is 96.3 Å². The van der Waals surface area contributed by atoms with E-state index in [1.54, 1.807) is 19.2 Å². The number of rotatable bonds is 6. The fraction of sp³-hybridized carbons (Fsp3) is 0.154. The molecule has 3 aromatic rings. The van der Waals surface area contributed by atoms with E-state index in [2.05, 4.69) is 48.8 Å². The van der Waals surface area contributed by atoms with Crippen molar-refractivity contribution in [1.29, 1.82) is 0 Å². The average Bonchev–Trinajstić information content (AvgIpc) is 3.15. The minimum atomic E-state index is -0.198. The molecule has 1 N–H and O–H groups in total. The van der Waals surface area contributed by atoms with Crippen LogP contribution < -0.4 is 14.8 Å². The standard InChI is InChI=1S/C26H20BrCl2IN2O3S/c1-13-6-18(7-14(2)23(13)27)31-26-32-25(33)22(36-26)10-15-8-20(30)24(21(9-15)34-3)35-12-16-4-5-17(28)11-19(16)29/h4-11H,12H2,1-3H3,(H,31,32,33)/b22-10-. The Bertz CT molecular complexity index is 1410. The number of thioether (sulfide) groups is 1. The van der Waals surface area contributed by atoms with Crippen molar-refractivity contribution in [3.05, 3.63) is 87.7 Å². The average molecular weight is 718 g/mol. The van der Waals surface area contributed by atoms with E-state index in [0.717, 1.165) is 36.0 Å². The van der Waals surface area contributed by atoms with E-state index in [0.29, 0.717) is 31.6 Å². The summed E-state index contributed by atoms with van der Waals surface area (Å²) in [6, 6.07) is 13.0. The molecule has 1 aliphatic heterocycles. The summed E-state index contributed by atoms with van der Waals surface area (Å²) in [6.45, 7) is 4.29. The molecule has 3 aromatic carbocycles. The maximum Gasteiger partial charge on any atom is 0.264 e. The Morgan fingerprint density at radius 1 is 1.14 bits per heavy atom. The lowest BCUT2D eigenvalue weighted by atomic mass is 10.1. The highest BCUT2D eigenvalue weighted by Crippen LogP contribution is 2.37. The summed E-state index contributed by atoms with van der Waals surface area (Å²) in [5, 5.41) is 4.48. The van der Waals surface area contributed by atoms with Crippen LogP contribution in [0.3, 0.4) is 0 Å². The van der Waals surface area contributed by atoms with Crippen molar-refractivity contribution in [3.63, 3.8) is 0 Å². The van der Waals surface area contributed by atoms with Gasteiger partial charge >= 0.3 is 0 Å². The molecule has 1 aliphatic rings. The number of hydrogen-bond donors (Lipinski definition) is 1. The highest BCUT2D eigenvalue weighted by atomic mass is 127. The zero-order chi connectivity index (χ0) is 26.0. The number of carbonyl (C=O) groups is 1. The van der Waals surface area contributed by atoms with Gasteiger partial charge in [-0.3, -0.25) is 4.79 Å². The normalized spacial score (nSPS) is 15.5. The Kier molecular flexibility index (Phi) is 8.93. The Morgan fingerprint density at radius 2 is 1.86 bits per heavy atom. The second-order valence-corrected chi connectivity index (χ2v) is 11.8. The first-order chi connectivity index (χ1) is 17.1. The Labute approximate surface area is 245 Å². The van der Waals surface area contributed by atoms with Gasteiger partial charge in [-0.15, -0.1) is 0 Å². The highest BCUT2D eigenvalue weighted by molar-refractivity contribution is 14.1. The van der Waals surface area contributed by atoms with Gasteiger partial charge in [0.2, 0.25) is 0 Å². The summed E-state index contributed by atoms with van der Waals surface area (Å²) < 4.78 is 13.5. The molecule has 1 fully saturated rings. The molecule has 1 heterocycles. The van der Waals surface area contributed by atoms with E-state index in [9.17, 15) is 4.79 Å². The van der Waals surface area contributed by atoms with Crippen LogP contribution in [-0.2, 0) is 11.4 Å². The quantitative estimate of drug-likeness (QED) is 0.205. The van der Waals surface area contributed by atoms with Crippen LogP contribution >= 0.6 is 73.5 Å². The maximum absolute atomic E-state index is 12.6. The van der Waals surface area contributed by atoms with Gasteiger partial charge in [-0.2, -0.15) is 0 Å². The first-order valence-corrected chi connectivity index (χ1v) is 14.1. The number of ether oxygens (including phenoxy) is 2. The molecule has 36 heavy (non-hydrogen) atoms. The zero-order valence-corrected chi connectivity index (χ0v) is 25.5. The molecule has 0 aromatic heterocycles. The molecule has 5 nitrogen and oxygen atoms in total. The van der Waals surface area contributed by atoms with E-state index in [4.69, 9.17) is 32.7 Å². The molecule has 186 valence electrons. The molecule has 0 saturated carbocycles. The smallest absolute Gasteiger partial charge is 0.264 e. The second-order valence-electron chi connectivity index (χ2n) is 7.93. The van der Waals surface area contributed by atoms with E-state index in [1.165, 1.54) is 11.8 Å². The highest BCUT2D eigenvalue weighted by Gasteiger charge is 2.24. The number of carbonyl (C=O) groups excluding carboxylic acids is 1. The third-order valence-electron chi connectivity index (χ3n) is 5.24. The Hall–Kier alpha value is -1.72. The molecule has 0 atom stereocenters. The molecule has 4 rings (SSSR count). The van der Waals surface area contributed by atoms with Crippen LogP contribution in [0.4, 0.5) is 5.69 Å². The third kappa shape index (κ3) is 6.39. The summed E-state index contributed by atoms with van der Waals surface area (Å²) in [4.78, 5) is 17.8. The van der Waals surface area contributed by atoms with Crippen molar-refractivity contribution in [2.75, 3.05) is 7.11 Å². The molecule has 0 spiro atoms. The number of methoxy groups -OCH3 is 1. The number of halogens is 4. The van der Waals surface area contributed by atoms with Crippen molar-refractivity contribution in [2.24, 2.45) is 4.99 Å². The van der Waals surface area contributed by atoms with Crippen LogP contribution in [0.15, 0.2) is 56.8 Å². The van der Waals surface area contributed by atoms with Gasteiger partial charge in [-0.05, 0) is 107 Å². The molecule has 0 unspecified atom stereocenters. The van der Waals surface area contributed by atoms with Crippen LogP contribution in [-0.4, -0.2) is 18.2 Å². The number of amides is 1. The van der Waals surface area contributed by atoms with Crippen LogP contribution in [0.1, 0.15) is 22.3 Å². The van der Waals surface area contributed by atoms with E-state index >= 15 is 0 Å².